The maximum Gasteiger partial charge on any atom is 0.354 e. The van der Waals surface area contributed by atoms with E-state index < -0.39 is 10.5 Å². The molecule has 118 valence electrons. The summed E-state index contributed by atoms with van der Waals surface area (Å²) in [6.07, 6.45) is 0.898. The quantitative estimate of drug-likeness (QED) is 0.415. The first-order valence-corrected chi connectivity index (χ1v) is 7.29. The van der Waals surface area contributed by atoms with E-state index in [1.165, 1.54) is 12.1 Å². The molecule has 0 amide bonds. The van der Waals surface area contributed by atoms with Crippen molar-refractivity contribution in [3.05, 3.63) is 74.1 Å². The number of nitro benzene ring substituents is 1. The topological polar surface area (TPSA) is 97.1 Å². The van der Waals surface area contributed by atoms with Crippen LogP contribution in [0.15, 0.2) is 51.7 Å². The lowest BCUT2D eigenvalue weighted by molar-refractivity contribution is -0.383. The molecule has 0 N–H and O–H groups in total. The molecule has 0 spiro atoms. The molecule has 0 radical (unpaired) electrons. The molecular formula is C18H12N2O4. The number of nitriles is 1. The van der Waals surface area contributed by atoms with Gasteiger partial charge >= 0.3 is 11.3 Å². The number of non-ortho nitro benzene ring substituents is 1. The van der Waals surface area contributed by atoms with Crippen LogP contribution < -0.4 is 5.63 Å². The molecular weight excluding hydrogens is 308 g/mol. The second kappa shape index (κ2) is 5.97. The summed E-state index contributed by atoms with van der Waals surface area (Å²) in [5.74, 6) is 0. The maximum atomic E-state index is 11.7. The van der Waals surface area contributed by atoms with Gasteiger partial charge in [-0.25, -0.2) is 4.79 Å². The molecule has 0 atom stereocenters. The van der Waals surface area contributed by atoms with Gasteiger partial charge in [0.05, 0.1) is 4.92 Å². The summed E-state index contributed by atoms with van der Waals surface area (Å²) >= 11 is 0. The number of benzene rings is 2. The SMILES string of the molecule is CCc1ccc(-c2cc([N+](=O)[O-])c3oc(=O)c(C#N)cc3c2)cc1. The molecule has 24 heavy (non-hydrogen) atoms. The van der Waals surface area contributed by atoms with Crippen LogP contribution in [0.4, 0.5) is 5.69 Å². The first-order chi connectivity index (χ1) is 11.5. The van der Waals surface area contributed by atoms with E-state index in [9.17, 15) is 14.9 Å². The monoisotopic (exact) mass is 320 g/mol. The third kappa shape index (κ3) is 2.63. The zero-order chi connectivity index (χ0) is 17.3. The van der Waals surface area contributed by atoms with Gasteiger partial charge in [-0.1, -0.05) is 31.2 Å². The Morgan fingerprint density at radius 1 is 1.17 bits per heavy atom. The Labute approximate surface area is 136 Å². The Morgan fingerprint density at radius 2 is 1.88 bits per heavy atom. The summed E-state index contributed by atoms with van der Waals surface area (Å²) in [7, 11) is 0. The Bertz CT molecular complexity index is 1040. The van der Waals surface area contributed by atoms with Crippen molar-refractivity contribution in [2.24, 2.45) is 0 Å². The number of aryl methyl sites for hydroxylation is 1. The molecule has 0 fully saturated rings. The van der Waals surface area contributed by atoms with Crippen molar-refractivity contribution in [2.75, 3.05) is 0 Å². The Balaban J connectivity index is 2.29. The van der Waals surface area contributed by atoms with Crippen molar-refractivity contribution in [2.45, 2.75) is 13.3 Å². The highest BCUT2D eigenvalue weighted by Gasteiger charge is 2.19. The molecule has 6 heteroatoms. The molecule has 2 aromatic carbocycles. The normalized spacial score (nSPS) is 10.5. The van der Waals surface area contributed by atoms with E-state index >= 15 is 0 Å². The minimum atomic E-state index is -0.881. The zero-order valence-electron chi connectivity index (χ0n) is 12.8. The number of hydrogen-bond donors (Lipinski definition) is 0. The minimum absolute atomic E-state index is 0.127. The fourth-order valence-electron chi connectivity index (χ4n) is 2.53. The third-order valence-electron chi connectivity index (χ3n) is 3.83. The molecule has 0 aliphatic rings. The van der Waals surface area contributed by atoms with Crippen LogP contribution in [-0.4, -0.2) is 4.92 Å². The van der Waals surface area contributed by atoms with Crippen LogP contribution in [0.1, 0.15) is 18.1 Å². The van der Waals surface area contributed by atoms with Gasteiger partial charge in [0.25, 0.3) is 0 Å². The van der Waals surface area contributed by atoms with E-state index in [0.29, 0.717) is 10.9 Å². The Morgan fingerprint density at radius 3 is 2.46 bits per heavy atom. The van der Waals surface area contributed by atoms with Crippen molar-refractivity contribution in [1.29, 1.82) is 5.26 Å². The van der Waals surface area contributed by atoms with E-state index in [0.717, 1.165) is 17.5 Å². The van der Waals surface area contributed by atoms with Gasteiger partial charge in [0.1, 0.15) is 11.6 Å². The van der Waals surface area contributed by atoms with E-state index in [4.69, 9.17) is 9.68 Å². The Kier molecular flexibility index (Phi) is 3.84. The second-order valence-electron chi connectivity index (χ2n) is 5.28. The Hall–Kier alpha value is -3.46. The zero-order valence-corrected chi connectivity index (χ0v) is 12.8. The van der Waals surface area contributed by atoms with Crippen LogP contribution in [0.3, 0.4) is 0 Å². The van der Waals surface area contributed by atoms with Crippen molar-refractivity contribution < 1.29 is 9.34 Å². The number of rotatable bonds is 3. The van der Waals surface area contributed by atoms with Crippen LogP contribution in [0.25, 0.3) is 22.1 Å². The molecule has 0 saturated heterocycles. The average molecular weight is 320 g/mol. The van der Waals surface area contributed by atoms with Crippen LogP contribution >= 0.6 is 0 Å². The van der Waals surface area contributed by atoms with Gasteiger partial charge in [0.15, 0.2) is 0 Å². The largest absolute Gasteiger partial charge is 0.414 e. The highest BCUT2D eigenvalue weighted by molar-refractivity contribution is 5.91. The predicted octanol–water partition coefficient (Wildman–Crippen LogP) is 3.80. The van der Waals surface area contributed by atoms with E-state index in [1.54, 1.807) is 12.1 Å². The van der Waals surface area contributed by atoms with E-state index in [2.05, 4.69) is 0 Å². The van der Waals surface area contributed by atoms with Crippen molar-refractivity contribution in [3.8, 4) is 17.2 Å². The highest BCUT2D eigenvalue weighted by Crippen LogP contribution is 2.32. The molecule has 3 rings (SSSR count). The standard InChI is InChI=1S/C18H12N2O4/c1-2-11-3-5-12(6-4-11)13-7-14-8-15(10-19)18(21)24-17(14)16(9-13)20(22)23/h3-9H,2H2,1H3. The number of nitro groups is 1. The van der Waals surface area contributed by atoms with Gasteiger partial charge < -0.3 is 4.42 Å². The van der Waals surface area contributed by atoms with Crippen molar-refractivity contribution in [1.82, 2.24) is 0 Å². The molecule has 0 saturated carbocycles. The summed E-state index contributed by atoms with van der Waals surface area (Å²) < 4.78 is 4.98. The van der Waals surface area contributed by atoms with Crippen molar-refractivity contribution >= 4 is 16.7 Å². The molecule has 0 bridgehead atoms. The summed E-state index contributed by atoms with van der Waals surface area (Å²) in [6.45, 7) is 2.04. The molecule has 0 aliphatic carbocycles. The molecule has 1 aromatic heterocycles. The lowest BCUT2D eigenvalue weighted by atomic mass is 10.0. The highest BCUT2D eigenvalue weighted by atomic mass is 16.6. The third-order valence-corrected chi connectivity index (χ3v) is 3.83. The molecule has 1 heterocycles. The number of fused-ring (bicyclic) bond motifs is 1. The smallest absolute Gasteiger partial charge is 0.354 e. The van der Waals surface area contributed by atoms with Gasteiger partial charge in [-0.05, 0) is 35.2 Å². The van der Waals surface area contributed by atoms with Gasteiger partial charge in [-0.15, -0.1) is 0 Å². The second-order valence-corrected chi connectivity index (χ2v) is 5.28. The van der Waals surface area contributed by atoms with Gasteiger partial charge in [-0.3, -0.25) is 10.1 Å². The summed E-state index contributed by atoms with van der Waals surface area (Å²) in [4.78, 5) is 22.4. The first-order valence-electron chi connectivity index (χ1n) is 7.29. The van der Waals surface area contributed by atoms with Gasteiger partial charge in [0, 0.05) is 11.5 Å². The fraction of sp³-hybridized carbons (Fsp3) is 0.111. The van der Waals surface area contributed by atoms with Crippen LogP contribution in [0.5, 0.6) is 0 Å². The average Bonchev–Trinajstić information content (AvgIpc) is 2.60. The minimum Gasteiger partial charge on any atom is -0.414 e. The maximum absolute atomic E-state index is 11.7. The number of nitrogens with zero attached hydrogens (tertiary/aromatic N) is 2. The summed E-state index contributed by atoms with van der Waals surface area (Å²) in [6, 6.07) is 13.8. The lowest BCUT2D eigenvalue weighted by Gasteiger charge is -2.06. The lowest BCUT2D eigenvalue weighted by Crippen LogP contribution is -2.04. The molecule has 3 aromatic rings. The number of hydrogen-bond acceptors (Lipinski definition) is 5. The summed E-state index contributed by atoms with van der Waals surface area (Å²) in [5, 5.41) is 20.6. The van der Waals surface area contributed by atoms with E-state index in [1.807, 2.05) is 31.2 Å². The predicted molar refractivity (Wildman–Crippen MR) is 88.7 cm³/mol. The molecule has 0 unspecified atom stereocenters. The van der Waals surface area contributed by atoms with Crippen LogP contribution in [-0.2, 0) is 6.42 Å². The van der Waals surface area contributed by atoms with Crippen LogP contribution in [0, 0.1) is 21.4 Å². The van der Waals surface area contributed by atoms with Gasteiger partial charge in [0.2, 0.25) is 5.58 Å². The molecule has 0 aliphatic heterocycles. The van der Waals surface area contributed by atoms with Crippen LogP contribution in [0.2, 0.25) is 0 Å². The fourth-order valence-corrected chi connectivity index (χ4v) is 2.53. The molecule has 6 nitrogen and oxygen atoms in total. The van der Waals surface area contributed by atoms with Crippen molar-refractivity contribution in [3.63, 3.8) is 0 Å². The first kappa shape index (κ1) is 15.4. The van der Waals surface area contributed by atoms with E-state index in [-0.39, 0.29) is 16.8 Å². The summed E-state index contributed by atoms with van der Waals surface area (Å²) in [5.41, 5.74) is 1.09. The van der Waals surface area contributed by atoms with Gasteiger partial charge in [-0.2, -0.15) is 5.26 Å².